The summed E-state index contributed by atoms with van der Waals surface area (Å²) < 4.78 is 18.6. The summed E-state index contributed by atoms with van der Waals surface area (Å²) in [4.78, 5) is 19.3. The van der Waals surface area contributed by atoms with Gasteiger partial charge in [-0.15, -0.1) is 0 Å². The Balaban J connectivity index is 1.55. The van der Waals surface area contributed by atoms with E-state index in [2.05, 4.69) is 15.5 Å². The zero-order valence-corrected chi connectivity index (χ0v) is 16.5. The van der Waals surface area contributed by atoms with Crippen LogP contribution in [-0.2, 0) is 0 Å². The lowest BCUT2D eigenvalue weighted by atomic mass is 10.0. The number of hydrogen-bond donors (Lipinski definition) is 1. The fourth-order valence-corrected chi connectivity index (χ4v) is 3.59. The number of nitrogens with one attached hydrogen (secondary N) is 1. The van der Waals surface area contributed by atoms with Gasteiger partial charge in [-0.1, -0.05) is 17.3 Å². The molecular weight excluding hydrogens is 371 g/mol. The zero-order valence-electron chi connectivity index (χ0n) is 16.5. The Labute approximate surface area is 168 Å². The van der Waals surface area contributed by atoms with E-state index in [0.29, 0.717) is 23.8 Å². The first-order valence-electron chi connectivity index (χ1n) is 9.76. The summed E-state index contributed by atoms with van der Waals surface area (Å²) in [5.74, 6) is 0.472. The first-order valence-corrected chi connectivity index (χ1v) is 9.76. The minimum absolute atomic E-state index is 0.176. The largest absolute Gasteiger partial charge is 0.337 e. The number of anilines is 1. The second kappa shape index (κ2) is 8.03. The molecule has 2 heterocycles. The summed E-state index contributed by atoms with van der Waals surface area (Å²) in [6, 6.07) is 11.3. The van der Waals surface area contributed by atoms with Crippen LogP contribution in [0.4, 0.5) is 14.9 Å². The third-order valence-electron chi connectivity index (χ3n) is 5.44. The molecule has 0 bridgehead atoms. The molecule has 6 nitrogen and oxygen atoms in total. The standard InChI is InChI=1S/C22H23FN4O2/c1-14-6-5-7-18(15(14)2)24-22(28)27-13-4-3-8-19(27)21-25-20(26-29-21)16-9-11-17(23)12-10-16/h5-7,9-12,19H,3-4,8,13H2,1-2H3,(H,24,28). The lowest BCUT2D eigenvalue weighted by Gasteiger charge is -2.33. The van der Waals surface area contributed by atoms with Gasteiger partial charge in [0.05, 0.1) is 0 Å². The molecule has 1 atom stereocenters. The second-order valence-electron chi connectivity index (χ2n) is 7.35. The predicted molar refractivity (Wildman–Crippen MR) is 108 cm³/mol. The zero-order chi connectivity index (χ0) is 20.4. The number of aromatic nitrogens is 2. The van der Waals surface area contributed by atoms with Gasteiger partial charge >= 0.3 is 6.03 Å². The van der Waals surface area contributed by atoms with E-state index in [1.165, 1.54) is 12.1 Å². The Bertz CT molecular complexity index is 1020. The summed E-state index contributed by atoms with van der Waals surface area (Å²) in [6.45, 7) is 4.63. The van der Waals surface area contributed by atoms with Crippen molar-refractivity contribution in [1.29, 1.82) is 0 Å². The average Bonchev–Trinajstić information content (AvgIpc) is 3.22. The number of aryl methyl sites for hydroxylation is 1. The number of carbonyl (C=O) groups is 1. The van der Waals surface area contributed by atoms with Crippen molar-refractivity contribution in [1.82, 2.24) is 15.0 Å². The molecule has 1 unspecified atom stereocenters. The molecule has 150 valence electrons. The molecule has 0 aliphatic carbocycles. The second-order valence-corrected chi connectivity index (χ2v) is 7.35. The monoisotopic (exact) mass is 394 g/mol. The van der Waals surface area contributed by atoms with Gasteiger partial charge in [-0.25, -0.2) is 9.18 Å². The maximum absolute atomic E-state index is 13.2. The van der Waals surface area contributed by atoms with Gasteiger partial charge in [0.25, 0.3) is 0 Å². The highest BCUT2D eigenvalue weighted by molar-refractivity contribution is 5.90. The predicted octanol–water partition coefficient (Wildman–Crippen LogP) is 5.25. The molecule has 0 spiro atoms. The Morgan fingerprint density at radius 1 is 1.17 bits per heavy atom. The van der Waals surface area contributed by atoms with Crippen LogP contribution < -0.4 is 5.32 Å². The van der Waals surface area contributed by atoms with Gasteiger partial charge in [-0.3, -0.25) is 0 Å². The number of carbonyl (C=O) groups excluding carboxylic acids is 1. The molecule has 7 heteroatoms. The third kappa shape index (κ3) is 3.99. The summed E-state index contributed by atoms with van der Waals surface area (Å²) in [7, 11) is 0. The number of halogens is 1. The topological polar surface area (TPSA) is 71.3 Å². The van der Waals surface area contributed by atoms with E-state index in [0.717, 1.165) is 36.1 Å². The van der Waals surface area contributed by atoms with Crippen molar-refractivity contribution in [3.63, 3.8) is 0 Å². The number of urea groups is 1. The molecule has 1 saturated heterocycles. The molecule has 0 saturated carbocycles. The molecule has 1 fully saturated rings. The van der Waals surface area contributed by atoms with Gasteiger partial charge in [0.15, 0.2) is 0 Å². The van der Waals surface area contributed by atoms with E-state index < -0.39 is 0 Å². The van der Waals surface area contributed by atoms with Gasteiger partial charge in [-0.2, -0.15) is 4.98 Å². The summed E-state index contributed by atoms with van der Waals surface area (Å²) in [5.41, 5.74) is 3.64. The number of nitrogens with zero attached hydrogens (tertiary/aromatic N) is 3. The normalized spacial score (nSPS) is 16.7. The van der Waals surface area contributed by atoms with Crippen LogP contribution in [0.25, 0.3) is 11.4 Å². The van der Waals surface area contributed by atoms with E-state index in [9.17, 15) is 9.18 Å². The van der Waals surface area contributed by atoms with Gasteiger partial charge in [0, 0.05) is 17.8 Å². The SMILES string of the molecule is Cc1cccc(NC(=O)N2CCCCC2c2nc(-c3ccc(F)cc3)no2)c1C. The highest BCUT2D eigenvalue weighted by Gasteiger charge is 2.32. The highest BCUT2D eigenvalue weighted by atomic mass is 19.1. The molecule has 1 N–H and O–H groups in total. The van der Waals surface area contributed by atoms with Crippen LogP contribution in [0.5, 0.6) is 0 Å². The van der Waals surface area contributed by atoms with Crippen molar-refractivity contribution in [3.05, 3.63) is 65.3 Å². The van der Waals surface area contributed by atoms with Crippen LogP contribution in [0, 0.1) is 19.7 Å². The lowest BCUT2D eigenvalue weighted by Crippen LogP contribution is -2.41. The summed E-state index contributed by atoms with van der Waals surface area (Å²) >= 11 is 0. The quantitative estimate of drug-likeness (QED) is 0.658. The van der Waals surface area contributed by atoms with Crippen LogP contribution in [0.15, 0.2) is 47.0 Å². The van der Waals surface area contributed by atoms with Crippen molar-refractivity contribution in [2.24, 2.45) is 0 Å². The van der Waals surface area contributed by atoms with Crippen molar-refractivity contribution in [2.75, 3.05) is 11.9 Å². The Morgan fingerprint density at radius 2 is 1.97 bits per heavy atom. The molecule has 29 heavy (non-hydrogen) atoms. The molecule has 2 aromatic carbocycles. The highest BCUT2D eigenvalue weighted by Crippen LogP contribution is 2.32. The number of benzene rings is 2. The maximum atomic E-state index is 13.2. The third-order valence-corrected chi connectivity index (χ3v) is 5.44. The maximum Gasteiger partial charge on any atom is 0.322 e. The van der Waals surface area contributed by atoms with E-state index >= 15 is 0 Å². The molecule has 3 aromatic rings. The van der Waals surface area contributed by atoms with E-state index in [1.807, 2.05) is 32.0 Å². The van der Waals surface area contributed by atoms with Crippen molar-refractivity contribution in [3.8, 4) is 11.4 Å². The first-order chi connectivity index (χ1) is 14.0. The fraction of sp³-hybridized carbons (Fsp3) is 0.318. The molecule has 4 rings (SSSR count). The summed E-state index contributed by atoms with van der Waals surface area (Å²) in [5, 5.41) is 7.05. The number of rotatable bonds is 3. The fourth-order valence-electron chi connectivity index (χ4n) is 3.59. The van der Waals surface area contributed by atoms with Crippen LogP contribution >= 0.6 is 0 Å². The van der Waals surface area contributed by atoms with Gasteiger partial charge < -0.3 is 14.7 Å². The van der Waals surface area contributed by atoms with Crippen LogP contribution in [0.1, 0.15) is 42.3 Å². The Kier molecular flexibility index (Phi) is 5.29. The smallest absolute Gasteiger partial charge is 0.322 e. The van der Waals surface area contributed by atoms with E-state index in [4.69, 9.17) is 4.52 Å². The van der Waals surface area contributed by atoms with E-state index in [-0.39, 0.29) is 17.9 Å². The van der Waals surface area contributed by atoms with Crippen molar-refractivity contribution in [2.45, 2.75) is 39.2 Å². The van der Waals surface area contributed by atoms with Crippen LogP contribution in [0.2, 0.25) is 0 Å². The minimum atomic E-state index is -0.320. The number of amides is 2. The molecule has 1 aliphatic rings. The number of piperidine rings is 1. The lowest BCUT2D eigenvalue weighted by molar-refractivity contribution is 0.142. The van der Waals surface area contributed by atoms with Crippen molar-refractivity contribution < 1.29 is 13.7 Å². The minimum Gasteiger partial charge on any atom is -0.337 e. The number of likely N-dealkylation sites (tertiary alicyclic amines) is 1. The van der Waals surface area contributed by atoms with Crippen LogP contribution in [-0.4, -0.2) is 27.6 Å². The van der Waals surface area contributed by atoms with Gasteiger partial charge in [0.2, 0.25) is 11.7 Å². The van der Waals surface area contributed by atoms with Gasteiger partial charge in [0.1, 0.15) is 11.9 Å². The van der Waals surface area contributed by atoms with Crippen LogP contribution in [0.3, 0.4) is 0 Å². The van der Waals surface area contributed by atoms with Gasteiger partial charge in [-0.05, 0) is 74.6 Å². The molecule has 1 aromatic heterocycles. The summed E-state index contributed by atoms with van der Waals surface area (Å²) in [6.07, 6.45) is 2.66. The molecular formula is C22H23FN4O2. The molecule has 0 radical (unpaired) electrons. The molecule has 2 amide bonds. The number of hydrogen-bond acceptors (Lipinski definition) is 4. The van der Waals surface area contributed by atoms with Crippen molar-refractivity contribution >= 4 is 11.7 Å². The first kappa shape index (κ1) is 19.1. The Hall–Kier alpha value is -3.22. The Morgan fingerprint density at radius 3 is 2.76 bits per heavy atom. The molecule has 1 aliphatic heterocycles. The van der Waals surface area contributed by atoms with E-state index in [1.54, 1.807) is 17.0 Å². The average molecular weight is 394 g/mol.